The summed E-state index contributed by atoms with van der Waals surface area (Å²) in [4.78, 5) is 8.98. The van der Waals surface area contributed by atoms with Gasteiger partial charge in [0.25, 0.3) is 0 Å². The van der Waals surface area contributed by atoms with E-state index in [1.165, 1.54) is 0 Å². The number of halogens is 2. The van der Waals surface area contributed by atoms with E-state index in [-0.39, 0.29) is 0 Å². The lowest BCUT2D eigenvalue weighted by Crippen LogP contribution is -2.06. The zero-order valence-electron chi connectivity index (χ0n) is 11.6. The monoisotopic (exact) mass is 354 g/mol. The van der Waals surface area contributed by atoms with Gasteiger partial charge in [-0.15, -0.1) is 0 Å². The molecule has 0 aliphatic carbocycles. The van der Waals surface area contributed by atoms with Crippen molar-refractivity contribution in [3.63, 3.8) is 0 Å². The van der Waals surface area contributed by atoms with Crippen molar-refractivity contribution >= 4 is 44.9 Å². The quantitative estimate of drug-likeness (QED) is 0.845. The Hall–Kier alpha value is -1.33. The normalized spacial score (nSPS) is 10.4. The Morgan fingerprint density at radius 1 is 1.25 bits per heavy atom. The maximum absolute atomic E-state index is 6.10. The number of benzene rings is 1. The van der Waals surface area contributed by atoms with Gasteiger partial charge >= 0.3 is 0 Å². The topological polar surface area (TPSA) is 49.8 Å². The molecule has 0 aliphatic rings. The predicted molar refractivity (Wildman–Crippen MR) is 88.1 cm³/mol. The van der Waals surface area contributed by atoms with E-state index >= 15 is 0 Å². The molecule has 0 spiro atoms. The van der Waals surface area contributed by atoms with Gasteiger partial charge in [-0.2, -0.15) is 0 Å². The van der Waals surface area contributed by atoms with Gasteiger partial charge in [0.15, 0.2) is 0 Å². The van der Waals surface area contributed by atoms with Crippen molar-refractivity contribution < 1.29 is 0 Å². The summed E-state index contributed by atoms with van der Waals surface area (Å²) in [7, 11) is 1.86. The standard InChI is InChI=1S/C14H16BrClN4/c1-4-12-19-13(17-3)8(2)14(20-12)18-9-5-6-10(15)11(16)7-9/h5-7H,4H2,1-3H3,(H2,17,18,19,20). The third-order valence-electron chi connectivity index (χ3n) is 2.93. The second kappa shape index (κ2) is 6.41. The van der Waals surface area contributed by atoms with Crippen LogP contribution >= 0.6 is 27.5 Å². The Labute approximate surface area is 132 Å². The van der Waals surface area contributed by atoms with Crippen LogP contribution in [0.1, 0.15) is 18.3 Å². The van der Waals surface area contributed by atoms with E-state index in [0.29, 0.717) is 5.02 Å². The van der Waals surface area contributed by atoms with E-state index in [4.69, 9.17) is 11.6 Å². The molecule has 1 heterocycles. The largest absolute Gasteiger partial charge is 0.373 e. The Bertz CT molecular complexity index is 631. The minimum atomic E-state index is 0.659. The first kappa shape index (κ1) is 15.1. The first-order chi connectivity index (χ1) is 9.55. The van der Waals surface area contributed by atoms with Gasteiger partial charge in [-0.05, 0) is 41.1 Å². The van der Waals surface area contributed by atoms with Gasteiger partial charge in [-0.25, -0.2) is 9.97 Å². The van der Waals surface area contributed by atoms with E-state index in [1.54, 1.807) is 0 Å². The van der Waals surface area contributed by atoms with Crippen LogP contribution < -0.4 is 10.6 Å². The Morgan fingerprint density at radius 2 is 1.95 bits per heavy atom. The molecule has 0 amide bonds. The maximum Gasteiger partial charge on any atom is 0.139 e. The van der Waals surface area contributed by atoms with Crippen LogP contribution in [0.2, 0.25) is 5.02 Å². The summed E-state index contributed by atoms with van der Waals surface area (Å²) in [5.74, 6) is 2.42. The number of anilines is 3. The molecule has 106 valence electrons. The molecule has 0 bridgehead atoms. The molecule has 1 aromatic heterocycles. The fourth-order valence-electron chi connectivity index (χ4n) is 1.80. The van der Waals surface area contributed by atoms with Crippen LogP contribution in [-0.4, -0.2) is 17.0 Å². The van der Waals surface area contributed by atoms with Crippen LogP contribution in [0.4, 0.5) is 17.3 Å². The number of aryl methyl sites for hydroxylation is 1. The molecule has 0 atom stereocenters. The van der Waals surface area contributed by atoms with Crippen LogP contribution in [0.3, 0.4) is 0 Å². The molecule has 0 fully saturated rings. The van der Waals surface area contributed by atoms with Crippen molar-refractivity contribution in [1.29, 1.82) is 0 Å². The summed E-state index contributed by atoms with van der Waals surface area (Å²) in [6, 6.07) is 5.71. The maximum atomic E-state index is 6.10. The average molecular weight is 356 g/mol. The zero-order valence-corrected chi connectivity index (χ0v) is 13.9. The molecule has 20 heavy (non-hydrogen) atoms. The molecule has 0 radical (unpaired) electrons. The Balaban J connectivity index is 2.39. The highest BCUT2D eigenvalue weighted by Crippen LogP contribution is 2.29. The molecule has 1 aromatic carbocycles. The van der Waals surface area contributed by atoms with Crippen molar-refractivity contribution in [2.24, 2.45) is 0 Å². The number of aromatic nitrogens is 2. The van der Waals surface area contributed by atoms with Gasteiger partial charge < -0.3 is 10.6 Å². The second-order valence-corrected chi connectivity index (χ2v) is 5.58. The highest BCUT2D eigenvalue weighted by molar-refractivity contribution is 9.10. The third kappa shape index (κ3) is 3.22. The molecule has 4 nitrogen and oxygen atoms in total. The van der Waals surface area contributed by atoms with Crippen LogP contribution in [0.25, 0.3) is 0 Å². The van der Waals surface area contributed by atoms with E-state index in [1.807, 2.05) is 39.1 Å². The molecular formula is C14H16BrClN4. The van der Waals surface area contributed by atoms with Gasteiger partial charge in [0.2, 0.25) is 0 Å². The lowest BCUT2D eigenvalue weighted by Gasteiger charge is -2.13. The number of hydrogen-bond donors (Lipinski definition) is 2. The average Bonchev–Trinajstić information content (AvgIpc) is 2.45. The highest BCUT2D eigenvalue weighted by Gasteiger charge is 2.10. The molecule has 2 rings (SSSR count). The van der Waals surface area contributed by atoms with Gasteiger partial charge in [0.1, 0.15) is 17.5 Å². The van der Waals surface area contributed by atoms with Gasteiger partial charge in [0, 0.05) is 29.2 Å². The van der Waals surface area contributed by atoms with E-state index in [0.717, 1.165) is 39.6 Å². The molecule has 0 unspecified atom stereocenters. The second-order valence-electron chi connectivity index (χ2n) is 4.32. The van der Waals surface area contributed by atoms with Crippen LogP contribution in [0, 0.1) is 6.92 Å². The fourth-order valence-corrected chi connectivity index (χ4v) is 2.22. The van der Waals surface area contributed by atoms with Gasteiger partial charge in [-0.3, -0.25) is 0 Å². The van der Waals surface area contributed by atoms with Crippen molar-refractivity contribution in [3.05, 3.63) is 39.1 Å². The van der Waals surface area contributed by atoms with Crippen molar-refractivity contribution in [2.45, 2.75) is 20.3 Å². The van der Waals surface area contributed by atoms with Crippen molar-refractivity contribution in [1.82, 2.24) is 9.97 Å². The summed E-state index contributed by atoms with van der Waals surface area (Å²) in [5, 5.41) is 7.04. The zero-order chi connectivity index (χ0) is 14.7. The number of nitrogens with one attached hydrogen (secondary N) is 2. The lowest BCUT2D eigenvalue weighted by molar-refractivity contribution is 0.935. The number of rotatable bonds is 4. The van der Waals surface area contributed by atoms with Crippen LogP contribution in [-0.2, 0) is 6.42 Å². The number of hydrogen-bond acceptors (Lipinski definition) is 4. The van der Waals surface area contributed by atoms with E-state index < -0.39 is 0 Å². The lowest BCUT2D eigenvalue weighted by atomic mass is 10.2. The minimum absolute atomic E-state index is 0.659. The summed E-state index contributed by atoms with van der Waals surface area (Å²) in [6.45, 7) is 4.01. The molecule has 2 aromatic rings. The predicted octanol–water partition coefficient (Wildman–Crippen LogP) is 4.55. The van der Waals surface area contributed by atoms with Crippen LogP contribution in [0.5, 0.6) is 0 Å². The molecule has 0 saturated heterocycles. The van der Waals surface area contributed by atoms with Crippen molar-refractivity contribution in [2.75, 3.05) is 17.7 Å². The summed E-state index contributed by atoms with van der Waals surface area (Å²) >= 11 is 9.48. The molecule has 0 saturated carbocycles. The minimum Gasteiger partial charge on any atom is -0.373 e. The van der Waals surface area contributed by atoms with Gasteiger partial charge in [-0.1, -0.05) is 18.5 Å². The smallest absolute Gasteiger partial charge is 0.139 e. The summed E-state index contributed by atoms with van der Waals surface area (Å²) in [6.07, 6.45) is 0.782. The fraction of sp³-hybridized carbons (Fsp3) is 0.286. The first-order valence-electron chi connectivity index (χ1n) is 6.32. The van der Waals surface area contributed by atoms with Crippen molar-refractivity contribution in [3.8, 4) is 0 Å². The molecule has 6 heteroatoms. The molecule has 0 aliphatic heterocycles. The number of nitrogens with zero attached hydrogens (tertiary/aromatic N) is 2. The van der Waals surface area contributed by atoms with Gasteiger partial charge in [0.05, 0.1) is 5.02 Å². The molecule has 2 N–H and O–H groups in total. The van der Waals surface area contributed by atoms with Crippen LogP contribution in [0.15, 0.2) is 22.7 Å². The highest BCUT2D eigenvalue weighted by atomic mass is 79.9. The molecular weight excluding hydrogens is 340 g/mol. The summed E-state index contributed by atoms with van der Waals surface area (Å²) < 4.78 is 0.870. The first-order valence-corrected chi connectivity index (χ1v) is 7.49. The Kier molecular flexibility index (Phi) is 4.83. The third-order valence-corrected chi connectivity index (χ3v) is 4.16. The SMILES string of the molecule is CCc1nc(NC)c(C)c(Nc2ccc(Br)c(Cl)c2)n1. The Morgan fingerprint density at radius 3 is 2.55 bits per heavy atom. The summed E-state index contributed by atoms with van der Waals surface area (Å²) in [5.41, 5.74) is 1.87. The van der Waals surface area contributed by atoms with E-state index in [9.17, 15) is 0 Å². The van der Waals surface area contributed by atoms with E-state index in [2.05, 4.69) is 36.5 Å².